The number of sulfonamides is 1. The van der Waals surface area contributed by atoms with E-state index in [-0.39, 0.29) is 10.8 Å². The first-order valence-corrected chi connectivity index (χ1v) is 10.9. The Morgan fingerprint density at radius 3 is 2.59 bits per heavy atom. The predicted octanol–water partition coefficient (Wildman–Crippen LogP) is 1.93. The Bertz CT molecular complexity index is 902. The van der Waals surface area contributed by atoms with E-state index in [0.29, 0.717) is 18.0 Å². The molecule has 0 atom stereocenters. The third-order valence-corrected chi connectivity index (χ3v) is 5.90. The van der Waals surface area contributed by atoms with Crippen molar-refractivity contribution in [3.8, 4) is 0 Å². The summed E-state index contributed by atoms with van der Waals surface area (Å²) in [4.78, 5) is 14.3. The van der Waals surface area contributed by atoms with Crippen LogP contribution in [-0.4, -0.2) is 58.6 Å². The number of morpholine rings is 1. The number of carbonyl (C=O) groups excluding carboxylic acids is 1. The summed E-state index contributed by atoms with van der Waals surface area (Å²) >= 11 is 0. The molecule has 156 valence electrons. The van der Waals surface area contributed by atoms with Crippen molar-refractivity contribution in [3.05, 3.63) is 54.5 Å². The van der Waals surface area contributed by atoms with Crippen LogP contribution in [0, 0.1) is 0 Å². The van der Waals surface area contributed by atoms with Crippen LogP contribution in [0.4, 0.5) is 5.69 Å². The molecule has 3 rings (SSSR count). The normalized spacial score (nSPS) is 15.6. The van der Waals surface area contributed by atoms with Crippen LogP contribution in [0.25, 0.3) is 6.08 Å². The summed E-state index contributed by atoms with van der Waals surface area (Å²) in [6.45, 7) is 4.44. The zero-order valence-corrected chi connectivity index (χ0v) is 16.9. The lowest BCUT2D eigenvalue weighted by atomic mass is 10.3. The van der Waals surface area contributed by atoms with Crippen LogP contribution in [0.2, 0.25) is 0 Å². The van der Waals surface area contributed by atoms with Gasteiger partial charge in [0.05, 0.1) is 24.4 Å². The van der Waals surface area contributed by atoms with E-state index in [2.05, 4.69) is 14.9 Å². The summed E-state index contributed by atoms with van der Waals surface area (Å²) in [5.41, 5.74) is 0.505. The average Bonchev–Trinajstić information content (AvgIpc) is 3.25. The van der Waals surface area contributed by atoms with Crippen LogP contribution >= 0.6 is 0 Å². The summed E-state index contributed by atoms with van der Waals surface area (Å²) in [6.07, 6.45) is 5.15. The first-order chi connectivity index (χ1) is 14.0. The standard InChI is InChI=1S/C20H25N3O5S/c24-20(9-6-18-3-1-14-28-18)22-17-4-7-19(8-5-17)29(25,26)21-10-2-11-23-12-15-27-16-13-23/h1,3-9,14,21H,2,10-13,15-16H2,(H,22,24)/b9-6+. The number of benzene rings is 1. The molecule has 1 amide bonds. The van der Waals surface area contributed by atoms with Crippen LogP contribution in [-0.2, 0) is 19.6 Å². The fourth-order valence-electron chi connectivity index (χ4n) is 2.86. The van der Waals surface area contributed by atoms with E-state index in [1.54, 1.807) is 30.3 Å². The molecule has 0 radical (unpaired) electrons. The van der Waals surface area contributed by atoms with Crippen molar-refractivity contribution in [2.24, 2.45) is 0 Å². The Hall–Kier alpha value is -2.46. The third-order valence-electron chi connectivity index (χ3n) is 4.42. The summed E-state index contributed by atoms with van der Waals surface area (Å²) in [7, 11) is -3.58. The second-order valence-corrected chi connectivity index (χ2v) is 8.33. The van der Waals surface area contributed by atoms with Gasteiger partial charge in [-0.1, -0.05) is 0 Å². The largest absolute Gasteiger partial charge is 0.465 e. The number of hydrogen-bond donors (Lipinski definition) is 2. The molecular formula is C20H25N3O5S. The Balaban J connectivity index is 1.45. The third kappa shape index (κ3) is 6.82. The van der Waals surface area contributed by atoms with Gasteiger partial charge in [-0.3, -0.25) is 9.69 Å². The Labute approximate surface area is 170 Å². The molecule has 1 aromatic carbocycles. The summed E-state index contributed by atoms with van der Waals surface area (Å²) in [5, 5.41) is 2.67. The van der Waals surface area contributed by atoms with Gasteiger partial charge in [-0.05, 0) is 55.4 Å². The van der Waals surface area contributed by atoms with Gasteiger partial charge in [0.2, 0.25) is 15.9 Å². The summed E-state index contributed by atoms with van der Waals surface area (Å²) in [5.74, 6) is 0.236. The summed E-state index contributed by atoms with van der Waals surface area (Å²) < 4.78 is 37.8. The van der Waals surface area contributed by atoms with Gasteiger partial charge in [-0.25, -0.2) is 13.1 Å². The molecule has 1 fully saturated rings. The van der Waals surface area contributed by atoms with Crippen LogP contribution < -0.4 is 10.0 Å². The van der Waals surface area contributed by atoms with E-state index in [1.165, 1.54) is 24.5 Å². The van der Waals surface area contributed by atoms with Gasteiger partial charge in [0, 0.05) is 31.4 Å². The molecular weight excluding hydrogens is 394 g/mol. The van der Waals surface area contributed by atoms with E-state index in [4.69, 9.17) is 9.15 Å². The highest BCUT2D eigenvalue weighted by atomic mass is 32.2. The molecule has 2 aromatic rings. The Morgan fingerprint density at radius 1 is 1.14 bits per heavy atom. The second kappa shape index (κ2) is 10.4. The number of hydrogen-bond acceptors (Lipinski definition) is 6. The van der Waals surface area contributed by atoms with Crippen molar-refractivity contribution in [3.63, 3.8) is 0 Å². The van der Waals surface area contributed by atoms with Crippen molar-refractivity contribution in [1.82, 2.24) is 9.62 Å². The molecule has 1 aromatic heterocycles. The molecule has 2 heterocycles. The minimum absolute atomic E-state index is 0.160. The molecule has 1 aliphatic rings. The lowest BCUT2D eigenvalue weighted by molar-refractivity contribution is -0.111. The quantitative estimate of drug-likeness (QED) is 0.476. The molecule has 9 heteroatoms. The summed E-state index contributed by atoms with van der Waals surface area (Å²) in [6, 6.07) is 9.51. The maximum absolute atomic E-state index is 12.4. The Morgan fingerprint density at radius 2 is 1.90 bits per heavy atom. The lowest BCUT2D eigenvalue weighted by Gasteiger charge is -2.26. The van der Waals surface area contributed by atoms with Gasteiger partial charge in [-0.15, -0.1) is 0 Å². The molecule has 0 spiro atoms. The molecule has 0 saturated carbocycles. The van der Waals surface area contributed by atoms with E-state index in [9.17, 15) is 13.2 Å². The molecule has 29 heavy (non-hydrogen) atoms. The van der Waals surface area contributed by atoms with Gasteiger partial charge in [0.15, 0.2) is 0 Å². The number of ether oxygens (including phenoxy) is 1. The van der Waals surface area contributed by atoms with E-state index in [0.717, 1.165) is 39.3 Å². The van der Waals surface area contributed by atoms with Gasteiger partial charge in [0.25, 0.3) is 0 Å². The molecule has 0 aliphatic carbocycles. The molecule has 1 aliphatic heterocycles. The Kier molecular flexibility index (Phi) is 7.59. The fourth-order valence-corrected chi connectivity index (χ4v) is 3.94. The zero-order chi connectivity index (χ0) is 20.5. The van der Waals surface area contributed by atoms with Crippen molar-refractivity contribution >= 4 is 27.7 Å². The van der Waals surface area contributed by atoms with E-state index < -0.39 is 10.0 Å². The minimum atomic E-state index is -3.58. The van der Waals surface area contributed by atoms with Crippen molar-refractivity contribution in [2.45, 2.75) is 11.3 Å². The average molecular weight is 420 g/mol. The lowest BCUT2D eigenvalue weighted by Crippen LogP contribution is -2.38. The van der Waals surface area contributed by atoms with Crippen LogP contribution in [0.1, 0.15) is 12.2 Å². The van der Waals surface area contributed by atoms with Gasteiger partial charge >= 0.3 is 0 Å². The van der Waals surface area contributed by atoms with Gasteiger partial charge < -0.3 is 14.5 Å². The number of nitrogens with zero attached hydrogens (tertiary/aromatic N) is 1. The van der Waals surface area contributed by atoms with Gasteiger partial charge in [0.1, 0.15) is 5.76 Å². The first kappa shape index (κ1) is 21.3. The second-order valence-electron chi connectivity index (χ2n) is 6.57. The minimum Gasteiger partial charge on any atom is -0.465 e. The first-order valence-electron chi connectivity index (χ1n) is 9.45. The highest BCUT2D eigenvalue weighted by Crippen LogP contribution is 2.14. The molecule has 8 nitrogen and oxygen atoms in total. The number of carbonyl (C=O) groups is 1. The fraction of sp³-hybridized carbons (Fsp3) is 0.350. The van der Waals surface area contributed by atoms with Gasteiger partial charge in [-0.2, -0.15) is 0 Å². The SMILES string of the molecule is O=C(/C=C/c1ccco1)Nc1ccc(S(=O)(=O)NCCCN2CCOCC2)cc1. The maximum Gasteiger partial charge on any atom is 0.248 e. The smallest absolute Gasteiger partial charge is 0.248 e. The highest BCUT2D eigenvalue weighted by molar-refractivity contribution is 7.89. The highest BCUT2D eigenvalue weighted by Gasteiger charge is 2.14. The van der Waals surface area contributed by atoms with Crippen molar-refractivity contribution < 1.29 is 22.4 Å². The van der Waals surface area contributed by atoms with Crippen LogP contribution in [0.3, 0.4) is 0 Å². The number of furan rings is 1. The number of nitrogens with one attached hydrogen (secondary N) is 2. The van der Waals surface area contributed by atoms with Crippen LogP contribution in [0.5, 0.6) is 0 Å². The maximum atomic E-state index is 12.4. The van der Waals surface area contributed by atoms with Crippen molar-refractivity contribution in [2.75, 3.05) is 44.7 Å². The predicted molar refractivity (Wildman–Crippen MR) is 110 cm³/mol. The number of amides is 1. The van der Waals surface area contributed by atoms with Crippen molar-refractivity contribution in [1.29, 1.82) is 0 Å². The number of anilines is 1. The topological polar surface area (TPSA) is 101 Å². The molecule has 0 bridgehead atoms. The number of rotatable bonds is 9. The molecule has 1 saturated heterocycles. The molecule has 2 N–H and O–H groups in total. The monoisotopic (exact) mass is 419 g/mol. The van der Waals surface area contributed by atoms with Crippen LogP contribution in [0.15, 0.2) is 58.1 Å². The van der Waals surface area contributed by atoms with E-state index >= 15 is 0 Å². The molecule has 0 unspecified atom stereocenters. The zero-order valence-electron chi connectivity index (χ0n) is 16.0. The van der Waals surface area contributed by atoms with E-state index in [1.807, 2.05) is 0 Å².